The number of fused-ring (bicyclic) bond motifs is 1. The van der Waals surface area contributed by atoms with Crippen LogP contribution in [0.5, 0.6) is 0 Å². The van der Waals surface area contributed by atoms with E-state index in [1.165, 1.54) is 19.2 Å². The molecule has 0 bridgehead atoms. The average Bonchev–Trinajstić information content (AvgIpc) is 2.73. The third-order valence-corrected chi connectivity index (χ3v) is 3.35. The highest BCUT2D eigenvalue weighted by Crippen LogP contribution is 2.29. The van der Waals surface area contributed by atoms with Gasteiger partial charge in [-0.3, -0.25) is 9.79 Å². The molecule has 0 spiro atoms. The minimum absolute atomic E-state index is 0.0974. The second kappa shape index (κ2) is 5.91. The molecule has 6 nitrogen and oxygen atoms in total. The highest BCUT2D eigenvalue weighted by atomic mass is 19.4. The standard InChI is InChI=1S/C15H11F3N4O2/c1-24-9-2-3-10(11-4-5-12(23)22-21-11)13-8(6-9)7-19-14(20-13)15(16,17)18/h2-6H,7H2,1H3,(H,22,23). The van der Waals surface area contributed by atoms with Crippen molar-refractivity contribution < 1.29 is 17.9 Å². The van der Waals surface area contributed by atoms with E-state index in [0.29, 0.717) is 16.9 Å². The van der Waals surface area contributed by atoms with E-state index in [1.807, 2.05) is 0 Å². The summed E-state index contributed by atoms with van der Waals surface area (Å²) in [6.07, 6.45) is 0.0565. The van der Waals surface area contributed by atoms with Gasteiger partial charge in [0.15, 0.2) is 0 Å². The van der Waals surface area contributed by atoms with Gasteiger partial charge in [0.2, 0.25) is 5.84 Å². The van der Waals surface area contributed by atoms with Gasteiger partial charge in [0.25, 0.3) is 5.56 Å². The Morgan fingerprint density at radius 2 is 2.04 bits per heavy atom. The summed E-state index contributed by atoms with van der Waals surface area (Å²) in [5, 5.41) is 6.12. The van der Waals surface area contributed by atoms with E-state index in [2.05, 4.69) is 20.2 Å². The molecule has 1 aromatic heterocycles. The number of hydrogen-bond acceptors (Lipinski definition) is 5. The topological polar surface area (TPSA) is 79.7 Å². The lowest BCUT2D eigenvalue weighted by atomic mass is 9.99. The molecule has 0 saturated carbocycles. The number of H-pyrrole nitrogens is 1. The van der Waals surface area contributed by atoms with E-state index in [0.717, 1.165) is 0 Å². The molecule has 0 fully saturated rings. The first-order valence-electron chi connectivity index (χ1n) is 6.82. The first kappa shape index (κ1) is 15.9. The van der Waals surface area contributed by atoms with Crippen LogP contribution < -0.4 is 5.56 Å². The average molecular weight is 336 g/mol. The van der Waals surface area contributed by atoms with E-state index < -0.39 is 17.6 Å². The van der Waals surface area contributed by atoms with Gasteiger partial charge in [-0.05, 0) is 24.3 Å². The van der Waals surface area contributed by atoms with Gasteiger partial charge in [0.1, 0.15) is 5.76 Å². The number of alkyl halides is 3. The van der Waals surface area contributed by atoms with E-state index in [1.54, 1.807) is 18.2 Å². The van der Waals surface area contributed by atoms with Crippen molar-refractivity contribution in [3.63, 3.8) is 0 Å². The molecule has 2 aliphatic rings. The van der Waals surface area contributed by atoms with Crippen LogP contribution in [0.1, 0.15) is 5.69 Å². The SMILES string of the molecule is COC1=CC=C(c2ccc(=O)[nH]n2)C2=NC(C(F)(F)F)=NCC2=C1. The van der Waals surface area contributed by atoms with Crippen LogP contribution in [0.4, 0.5) is 13.2 Å². The number of ether oxygens (including phenoxy) is 1. The monoisotopic (exact) mass is 336 g/mol. The van der Waals surface area contributed by atoms with Crippen LogP contribution >= 0.6 is 0 Å². The molecule has 0 radical (unpaired) electrons. The molecule has 0 saturated heterocycles. The van der Waals surface area contributed by atoms with E-state index >= 15 is 0 Å². The van der Waals surface area contributed by atoms with Crippen LogP contribution in [0.25, 0.3) is 5.57 Å². The van der Waals surface area contributed by atoms with Crippen molar-refractivity contribution in [1.29, 1.82) is 0 Å². The smallest absolute Gasteiger partial charge is 0.451 e. The highest BCUT2D eigenvalue weighted by molar-refractivity contribution is 6.35. The largest absolute Gasteiger partial charge is 0.497 e. The predicted octanol–water partition coefficient (Wildman–Crippen LogP) is 2.04. The molecule has 1 aromatic rings. The number of rotatable bonds is 2. The summed E-state index contributed by atoms with van der Waals surface area (Å²) < 4.78 is 44.0. The van der Waals surface area contributed by atoms with Gasteiger partial charge in [-0.15, -0.1) is 0 Å². The van der Waals surface area contributed by atoms with E-state index in [4.69, 9.17) is 4.74 Å². The lowest BCUT2D eigenvalue weighted by Gasteiger charge is -2.18. The maximum Gasteiger partial charge on any atom is 0.451 e. The van der Waals surface area contributed by atoms with Crippen LogP contribution in [-0.2, 0) is 4.74 Å². The Labute approximate surface area is 133 Å². The number of aromatic nitrogens is 2. The van der Waals surface area contributed by atoms with Gasteiger partial charge in [-0.2, -0.15) is 18.3 Å². The van der Waals surface area contributed by atoms with Crippen molar-refractivity contribution in [2.75, 3.05) is 13.7 Å². The molecule has 0 unspecified atom stereocenters. The molecular weight excluding hydrogens is 325 g/mol. The van der Waals surface area contributed by atoms with Crippen molar-refractivity contribution in [1.82, 2.24) is 10.2 Å². The van der Waals surface area contributed by atoms with Crippen molar-refractivity contribution in [2.45, 2.75) is 6.18 Å². The molecule has 3 rings (SSSR count). The number of aliphatic imine (C=N–C) groups is 2. The third-order valence-electron chi connectivity index (χ3n) is 3.35. The van der Waals surface area contributed by atoms with Gasteiger partial charge in [-0.25, -0.2) is 10.1 Å². The summed E-state index contributed by atoms with van der Waals surface area (Å²) in [5.74, 6) is -0.756. The second-order valence-corrected chi connectivity index (χ2v) is 4.93. The normalized spacial score (nSPS) is 17.6. The summed E-state index contributed by atoms with van der Waals surface area (Å²) in [6.45, 7) is -0.185. The molecular formula is C15H11F3N4O2. The maximum atomic E-state index is 12.9. The number of amidine groups is 1. The van der Waals surface area contributed by atoms with Crippen molar-refractivity contribution in [2.24, 2.45) is 9.98 Å². The molecule has 1 aliphatic carbocycles. The van der Waals surface area contributed by atoms with Gasteiger partial charge >= 0.3 is 6.18 Å². The Morgan fingerprint density at radius 3 is 2.67 bits per heavy atom. The fraction of sp³-hybridized carbons (Fsp3) is 0.200. The van der Waals surface area contributed by atoms with Gasteiger partial charge in [-0.1, -0.05) is 0 Å². The van der Waals surface area contributed by atoms with Crippen molar-refractivity contribution >= 4 is 17.1 Å². The lowest BCUT2D eigenvalue weighted by molar-refractivity contribution is -0.0599. The van der Waals surface area contributed by atoms with Crippen molar-refractivity contribution in [3.05, 3.63) is 57.7 Å². The fourth-order valence-electron chi connectivity index (χ4n) is 2.24. The van der Waals surface area contributed by atoms with E-state index in [-0.39, 0.29) is 18.0 Å². The number of halogens is 3. The number of nitrogens with zero attached hydrogens (tertiary/aromatic N) is 3. The van der Waals surface area contributed by atoms with Crippen LogP contribution in [0.3, 0.4) is 0 Å². The van der Waals surface area contributed by atoms with Crippen LogP contribution in [0.15, 0.2) is 56.5 Å². The summed E-state index contributed by atoms with van der Waals surface area (Å²) >= 11 is 0. The maximum absolute atomic E-state index is 12.9. The fourth-order valence-corrected chi connectivity index (χ4v) is 2.24. The number of aromatic amines is 1. The lowest BCUT2D eigenvalue weighted by Crippen LogP contribution is -2.28. The highest BCUT2D eigenvalue weighted by Gasteiger charge is 2.38. The Kier molecular flexibility index (Phi) is 3.92. The number of allylic oxidation sites excluding steroid dienone is 4. The zero-order valence-electron chi connectivity index (χ0n) is 12.4. The molecule has 2 heterocycles. The summed E-state index contributed by atoms with van der Waals surface area (Å²) in [4.78, 5) is 18.3. The Balaban J connectivity index is 2.16. The summed E-state index contributed by atoms with van der Waals surface area (Å²) in [6, 6.07) is 2.65. The minimum atomic E-state index is -4.65. The molecule has 24 heavy (non-hydrogen) atoms. The number of methoxy groups -OCH3 is 1. The second-order valence-electron chi connectivity index (χ2n) is 4.93. The van der Waals surface area contributed by atoms with Gasteiger partial charge in [0, 0.05) is 17.2 Å². The Morgan fingerprint density at radius 1 is 1.25 bits per heavy atom. The van der Waals surface area contributed by atoms with Crippen LogP contribution in [-0.4, -0.2) is 41.6 Å². The van der Waals surface area contributed by atoms with Crippen LogP contribution in [0, 0.1) is 0 Å². The zero-order chi connectivity index (χ0) is 17.3. The molecule has 0 atom stereocenters. The minimum Gasteiger partial charge on any atom is -0.497 e. The van der Waals surface area contributed by atoms with Crippen LogP contribution in [0.2, 0.25) is 0 Å². The molecule has 9 heteroatoms. The third kappa shape index (κ3) is 3.05. The van der Waals surface area contributed by atoms with Crippen molar-refractivity contribution in [3.8, 4) is 0 Å². The summed E-state index contributed by atoms with van der Waals surface area (Å²) in [7, 11) is 1.45. The van der Waals surface area contributed by atoms with Gasteiger partial charge < -0.3 is 4.74 Å². The molecule has 1 N–H and O–H groups in total. The first-order valence-corrected chi connectivity index (χ1v) is 6.82. The first-order chi connectivity index (χ1) is 11.4. The quantitative estimate of drug-likeness (QED) is 0.897. The molecule has 0 amide bonds. The zero-order valence-corrected chi connectivity index (χ0v) is 12.4. The number of nitrogens with one attached hydrogen (secondary N) is 1. The number of hydrogen-bond donors (Lipinski definition) is 1. The molecule has 0 aromatic carbocycles. The summed E-state index contributed by atoms with van der Waals surface area (Å²) in [5.41, 5.74) is 0.769. The Bertz CT molecular complexity index is 868. The predicted molar refractivity (Wildman–Crippen MR) is 81.8 cm³/mol. The van der Waals surface area contributed by atoms with E-state index in [9.17, 15) is 18.0 Å². The molecule has 124 valence electrons. The van der Waals surface area contributed by atoms with Gasteiger partial charge in [0.05, 0.1) is 25.1 Å². The Hall–Kier alpha value is -2.97. The molecule has 1 aliphatic heterocycles.